The van der Waals surface area contributed by atoms with E-state index in [0.717, 1.165) is 43.4 Å². The Balaban J connectivity index is 1.57. The number of guanidine groups is 1. The molecule has 1 amide bonds. The normalized spacial score (nSPS) is 14.7. The Bertz CT molecular complexity index is 844. The second-order valence-electron chi connectivity index (χ2n) is 6.64. The van der Waals surface area contributed by atoms with Crippen LogP contribution in [0.5, 0.6) is 5.75 Å². The van der Waals surface area contributed by atoms with Crippen LogP contribution in [0.3, 0.4) is 0 Å². The van der Waals surface area contributed by atoms with Crippen LogP contribution in [0.2, 0.25) is 0 Å². The highest BCUT2D eigenvalue weighted by Crippen LogP contribution is 2.27. The first-order valence-corrected chi connectivity index (χ1v) is 9.42. The minimum absolute atomic E-state index is 0.0912. The summed E-state index contributed by atoms with van der Waals surface area (Å²) in [5.74, 6) is 1.06. The minimum Gasteiger partial charge on any atom is -0.506 e. The van der Waals surface area contributed by atoms with Gasteiger partial charge in [-0.15, -0.1) is 0 Å². The van der Waals surface area contributed by atoms with E-state index in [2.05, 4.69) is 25.4 Å². The van der Waals surface area contributed by atoms with Crippen molar-refractivity contribution in [2.45, 2.75) is 6.54 Å². The lowest BCUT2D eigenvalue weighted by Gasteiger charge is -2.37. The predicted octanol–water partition coefficient (Wildman–Crippen LogP) is 1.65. The fourth-order valence-corrected chi connectivity index (χ4v) is 3.37. The van der Waals surface area contributed by atoms with Crippen LogP contribution in [0.4, 0.5) is 5.69 Å². The van der Waals surface area contributed by atoms with Crippen LogP contribution < -0.4 is 15.5 Å². The van der Waals surface area contributed by atoms with Gasteiger partial charge in [0.1, 0.15) is 5.75 Å². The van der Waals surface area contributed by atoms with Gasteiger partial charge in [-0.25, -0.2) is 0 Å². The summed E-state index contributed by atoms with van der Waals surface area (Å²) >= 11 is 0. The first kappa shape index (κ1) is 19.5. The molecule has 0 atom stereocenters. The van der Waals surface area contributed by atoms with Crippen LogP contribution >= 0.6 is 0 Å². The molecule has 0 saturated carbocycles. The van der Waals surface area contributed by atoms with Crippen molar-refractivity contribution in [1.29, 1.82) is 0 Å². The van der Waals surface area contributed by atoms with Gasteiger partial charge in [0, 0.05) is 52.4 Å². The van der Waals surface area contributed by atoms with Gasteiger partial charge in [-0.3, -0.25) is 9.79 Å². The van der Waals surface area contributed by atoms with Crippen LogP contribution in [-0.2, 0) is 6.54 Å². The maximum absolute atomic E-state index is 11.8. The highest BCUT2D eigenvalue weighted by Gasteiger charge is 2.21. The number of carbonyl (C=O) groups excluding carboxylic acids is 1. The van der Waals surface area contributed by atoms with Crippen LogP contribution in [0.25, 0.3) is 0 Å². The number of para-hydroxylation sites is 2. The second-order valence-corrected chi connectivity index (χ2v) is 6.64. The van der Waals surface area contributed by atoms with Crippen molar-refractivity contribution >= 4 is 17.6 Å². The topological polar surface area (TPSA) is 80.2 Å². The zero-order chi connectivity index (χ0) is 19.9. The van der Waals surface area contributed by atoms with E-state index in [-0.39, 0.29) is 5.91 Å². The summed E-state index contributed by atoms with van der Waals surface area (Å²) in [7, 11) is 3.41. The Labute approximate surface area is 165 Å². The van der Waals surface area contributed by atoms with Gasteiger partial charge in [-0.2, -0.15) is 0 Å². The standard InChI is InChI=1S/C21H27N5O2/c1-22-20(28)17-7-5-6-16(14-17)15-24-21(23-2)26-12-10-25(11-13-26)18-8-3-4-9-19(18)27/h3-9,14,27H,10-13,15H2,1-2H3,(H,22,28)(H,23,24). The van der Waals surface area contributed by atoms with E-state index in [1.807, 2.05) is 36.4 Å². The molecule has 3 N–H and O–H groups in total. The number of aliphatic imine (C=N–C) groups is 1. The van der Waals surface area contributed by atoms with Crippen LogP contribution in [0, 0.1) is 0 Å². The zero-order valence-corrected chi connectivity index (χ0v) is 16.4. The van der Waals surface area contributed by atoms with E-state index in [1.54, 1.807) is 26.2 Å². The number of rotatable bonds is 4. The van der Waals surface area contributed by atoms with Crippen LogP contribution in [-0.4, -0.2) is 62.1 Å². The number of carbonyl (C=O) groups is 1. The van der Waals surface area contributed by atoms with E-state index in [9.17, 15) is 9.90 Å². The number of piperazine rings is 1. The van der Waals surface area contributed by atoms with E-state index in [1.165, 1.54) is 0 Å². The zero-order valence-electron chi connectivity index (χ0n) is 16.4. The highest BCUT2D eigenvalue weighted by molar-refractivity contribution is 5.94. The Morgan fingerprint density at radius 3 is 2.54 bits per heavy atom. The van der Waals surface area contributed by atoms with E-state index >= 15 is 0 Å². The molecule has 1 aliphatic rings. The first-order valence-electron chi connectivity index (χ1n) is 9.42. The Morgan fingerprint density at radius 2 is 1.86 bits per heavy atom. The minimum atomic E-state index is -0.0912. The van der Waals surface area contributed by atoms with Crippen molar-refractivity contribution in [3.63, 3.8) is 0 Å². The van der Waals surface area contributed by atoms with Crippen molar-refractivity contribution in [2.24, 2.45) is 4.99 Å². The summed E-state index contributed by atoms with van der Waals surface area (Å²) in [6.45, 7) is 3.84. The Morgan fingerprint density at radius 1 is 1.11 bits per heavy atom. The van der Waals surface area contributed by atoms with Gasteiger partial charge < -0.3 is 25.5 Å². The lowest BCUT2D eigenvalue weighted by atomic mass is 10.1. The number of nitrogens with one attached hydrogen (secondary N) is 2. The average Bonchev–Trinajstić information content (AvgIpc) is 2.74. The molecule has 2 aromatic rings. The molecular formula is C21H27N5O2. The molecule has 0 radical (unpaired) electrons. The lowest BCUT2D eigenvalue weighted by Crippen LogP contribution is -2.52. The number of nitrogens with zero attached hydrogens (tertiary/aromatic N) is 3. The third-order valence-electron chi connectivity index (χ3n) is 4.88. The van der Waals surface area contributed by atoms with Crippen molar-refractivity contribution in [3.8, 4) is 5.75 Å². The monoisotopic (exact) mass is 381 g/mol. The molecule has 2 aromatic carbocycles. The SMILES string of the molecule is CN=C(NCc1cccc(C(=O)NC)c1)N1CCN(c2ccccc2O)CC1. The quantitative estimate of drug-likeness (QED) is 0.554. The van der Waals surface area contributed by atoms with Crippen molar-refractivity contribution in [2.75, 3.05) is 45.2 Å². The molecule has 0 aromatic heterocycles. The van der Waals surface area contributed by atoms with E-state index in [0.29, 0.717) is 17.9 Å². The molecule has 0 aliphatic carbocycles. The van der Waals surface area contributed by atoms with Gasteiger partial charge >= 0.3 is 0 Å². The van der Waals surface area contributed by atoms with Gasteiger partial charge in [-0.05, 0) is 29.8 Å². The Kier molecular flexibility index (Phi) is 6.37. The van der Waals surface area contributed by atoms with E-state index < -0.39 is 0 Å². The van der Waals surface area contributed by atoms with Gasteiger partial charge in [-0.1, -0.05) is 24.3 Å². The number of hydrogen-bond acceptors (Lipinski definition) is 4. The second kappa shape index (κ2) is 9.12. The largest absolute Gasteiger partial charge is 0.506 e. The molecular weight excluding hydrogens is 354 g/mol. The fourth-order valence-electron chi connectivity index (χ4n) is 3.37. The summed E-state index contributed by atoms with van der Waals surface area (Å²) in [6, 6.07) is 15.0. The van der Waals surface area contributed by atoms with Gasteiger partial charge in [0.2, 0.25) is 0 Å². The molecule has 3 rings (SSSR count). The summed E-state index contributed by atoms with van der Waals surface area (Å²) in [6.07, 6.45) is 0. The number of phenolic OH excluding ortho intramolecular Hbond substituents is 1. The maximum atomic E-state index is 11.8. The molecule has 148 valence electrons. The third kappa shape index (κ3) is 4.54. The van der Waals surface area contributed by atoms with Gasteiger partial charge in [0.15, 0.2) is 5.96 Å². The van der Waals surface area contributed by atoms with Crippen molar-refractivity contribution in [1.82, 2.24) is 15.5 Å². The molecule has 0 spiro atoms. The lowest BCUT2D eigenvalue weighted by molar-refractivity contribution is 0.0963. The van der Waals surface area contributed by atoms with Crippen LogP contribution in [0.15, 0.2) is 53.5 Å². The van der Waals surface area contributed by atoms with Gasteiger partial charge in [0.25, 0.3) is 5.91 Å². The predicted molar refractivity (Wildman–Crippen MR) is 112 cm³/mol. The molecule has 1 heterocycles. The smallest absolute Gasteiger partial charge is 0.251 e. The molecule has 1 aliphatic heterocycles. The molecule has 1 saturated heterocycles. The molecule has 7 heteroatoms. The van der Waals surface area contributed by atoms with Crippen molar-refractivity contribution in [3.05, 3.63) is 59.7 Å². The summed E-state index contributed by atoms with van der Waals surface area (Å²) < 4.78 is 0. The Hall–Kier alpha value is -3.22. The number of aromatic hydroxyl groups is 1. The fraction of sp³-hybridized carbons (Fsp3) is 0.333. The van der Waals surface area contributed by atoms with Crippen LogP contribution in [0.1, 0.15) is 15.9 Å². The molecule has 7 nitrogen and oxygen atoms in total. The number of hydrogen-bond donors (Lipinski definition) is 3. The number of amides is 1. The highest BCUT2D eigenvalue weighted by atomic mass is 16.3. The average molecular weight is 381 g/mol. The molecule has 0 bridgehead atoms. The number of anilines is 1. The maximum Gasteiger partial charge on any atom is 0.251 e. The number of benzene rings is 2. The molecule has 1 fully saturated rings. The third-order valence-corrected chi connectivity index (χ3v) is 4.88. The molecule has 0 unspecified atom stereocenters. The van der Waals surface area contributed by atoms with Gasteiger partial charge in [0.05, 0.1) is 5.69 Å². The first-order chi connectivity index (χ1) is 13.6. The summed E-state index contributed by atoms with van der Waals surface area (Å²) in [5, 5.41) is 16.1. The molecule has 28 heavy (non-hydrogen) atoms. The summed E-state index contributed by atoms with van der Waals surface area (Å²) in [4.78, 5) is 20.6. The summed E-state index contributed by atoms with van der Waals surface area (Å²) in [5.41, 5.74) is 2.54. The number of phenols is 1. The van der Waals surface area contributed by atoms with Crippen molar-refractivity contribution < 1.29 is 9.90 Å². The van der Waals surface area contributed by atoms with E-state index in [4.69, 9.17) is 0 Å².